The van der Waals surface area contributed by atoms with E-state index in [1.807, 2.05) is 0 Å². The highest BCUT2D eigenvalue weighted by atomic mass is 16.3. The Bertz CT molecular complexity index is 115. The van der Waals surface area contributed by atoms with Gasteiger partial charge in [0.15, 0.2) is 0 Å². The molecule has 0 aromatic heterocycles. The molecule has 0 aliphatic rings. The maximum Gasteiger partial charge on any atom is 0.0584 e. The highest BCUT2D eigenvalue weighted by Crippen LogP contribution is 2.05. The lowest BCUT2D eigenvalue weighted by atomic mass is 10.0. The molecule has 0 radical (unpaired) electrons. The molecule has 0 heterocycles. The van der Waals surface area contributed by atoms with Crippen molar-refractivity contribution >= 4 is 0 Å². The molecular formula is C11H25NO. The first-order valence-electron chi connectivity index (χ1n) is 5.44. The lowest BCUT2D eigenvalue weighted by Gasteiger charge is -2.20. The van der Waals surface area contributed by atoms with Crippen molar-refractivity contribution in [2.24, 2.45) is 11.8 Å². The van der Waals surface area contributed by atoms with Crippen molar-refractivity contribution in [3.8, 4) is 0 Å². The standard InChI is InChI=1S/C11H25NO/c1-5-10(4)7-12-11(8-13)6-9(2)3/h9-13H,5-8H2,1-4H3/t10-,11+/m0/s1. The maximum atomic E-state index is 9.10. The minimum absolute atomic E-state index is 0.259. The molecule has 0 unspecified atom stereocenters. The van der Waals surface area contributed by atoms with Crippen LogP contribution in [0.1, 0.15) is 40.5 Å². The first-order chi connectivity index (χ1) is 6.10. The third-order valence-corrected chi connectivity index (χ3v) is 2.43. The largest absolute Gasteiger partial charge is 0.395 e. The van der Waals surface area contributed by atoms with Crippen molar-refractivity contribution in [2.75, 3.05) is 13.2 Å². The summed E-state index contributed by atoms with van der Waals surface area (Å²) >= 11 is 0. The molecule has 0 saturated carbocycles. The van der Waals surface area contributed by atoms with Crippen LogP contribution in [0.15, 0.2) is 0 Å². The molecule has 0 rings (SSSR count). The molecule has 80 valence electrons. The maximum absolute atomic E-state index is 9.10. The SMILES string of the molecule is CC[C@H](C)CN[C@@H](CO)CC(C)C. The van der Waals surface area contributed by atoms with Gasteiger partial charge in [-0.1, -0.05) is 34.1 Å². The van der Waals surface area contributed by atoms with Gasteiger partial charge in [0, 0.05) is 6.04 Å². The molecule has 13 heavy (non-hydrogen) atoms. The first kappa shape index (κ1) is 12.9. The quantitative estimate of drug-likeness (QED) is 0.639. The summed E-state index contributed by atoms with van der Waals surface area (Å²) in [7, 11) is 0. The fraction of sp³-hybridized carbons (Fsp3) is 1.00. The summed E-state index contributed by atoms with van der Waals surface area (Å²) in [6, 6.07) is 0.286. The topological polar surface area (TPSA) is 32.3 Å². The predicted octanol–water partition coefficient (Wildman–Crippen LogP) is 2.03. The third-order valence-electron chi connectivity index (χ3n) is 2.43. The van der Waals surface area contributed by atoms with Gasteiger partial charge in [-0.3, -0.25) is 0 Å². The average Bonchev–Trinajstić information content (AvgIpc) is 2.10. The lowest BCUT2D eigenvalue weighted by Crippen LogP contribution is -2.36. The summed E-state index contributed by atoms with van der Waals surface area (Å²) in [5.41, 5.74) is 0. The number of rotatable bonds is 7. The van der Waals surface area contributed by atoms with Crippen molar-refractivity contribution in [2.45, 2.75) is 46.6 Å². The molecule has 0 saturated heterocycles. The summed E-state index contributed by atoms with van der Waals surface area (Å²) in [6.45, 7) is 10.1. The van der Waals surface area contributed by atoms with Crippen LogP contribution >= 0.6 is 0 Å². The number of nitrogens with one attached hydrogen (secondary N) is 1. The van der Waals surface area contributed by atoms with E-state index in [0.29, 0.717) is 11.8 Å². The van der Waals surface area contributed by atoms with Crippen LogP contribution in [0.2, 0.25) is 0 Å². The highest BCUT2D eigenvalue weighted by molar-refractivity contribution is 4.68. The van der Waals surface area contributed by atoms with Crippen LogP contribution in [0.3, 0.4) is 0 Å². The second-order valence-electron chi connectivity index (χ2n) is 4.43. The summed E-state index contributed by atoms with van der Waals surface area (Å²) in [5.74, 6) is 1.36. The van der Waals surface area contributed by atoms with Gasteiger partial charge < -0.3 is 10.4 Å². The number of hydrogen-bond acceptors (Lipinski definition) is 2. The molecule has 0 bridgehead atoms. The van der Waals surface area contributed by atoms with E-state index in [-0.39, 0.29) is 12.6 Å². The van der Waals surface area contributed by atoms with Crippen molar-refractivity contribution in [1.82, 2.24) is 5.32 Å². The Morgan fingerprint density at radius 2 is 1.85 bits per heavy atom. The summed E-state index contributed by atoms with van der Waals surface area (Å²) in [5, 5.41) is 12.5. The number of hydrogen-bond donors (Lipinski definition) is 2. The lowest BCUT2D eigenvalue weighted by molar-refractivity contribution is 0.219. The van der Waals surface area contributed by atoms with Gasteiger partial charge >= 0.3 is 0 Å². The highest BCUT2D eigenvalue weighted by Gasteiger charge is 2.09. The molecule has 0 aromatic rings. The Labute approximate surface area is 82.7 Å². The minimum Gasteiger partial charge on any atom is -0.395 e. The molecule has 2 nitrogen and oxygen atoms in total. The number of aliphatic hydroxyl groups is 1. The normalized spacial score (nSPS) is 16.2. The third kappa shape index (κ3) is 7.03. The molecule has 0 fully saturated rings. The van der Waals surface area contributed by atoms with Crippen LogP contribution in [0.5, 0.6) is 0 Å². The van der Waals surface area contributed by atoms with Crippen LogP contribution in [0, 0.1) is 11.8 Å². The van der Waals surface area contributed by atoms with Crippen LogP contribution in [0.25, 0.3) is 0 Å². The summed E-state index contributed by atoms with van der Waals surface area (Å²) in [6.07, 6.45) is 2.26. The smallest absolute Gasteiger partial charge is 0.0584 e. The molecule has 0 spiro atoms. The zero-order valence-electron chi connectivity index (χ0n) is 9.51. The second kappa shape index (κ2) is 7.34. The van der Waals surface area contributed by atoms with Crippen molar-refractivity contribution < 1.29 is 5.11 Å². The van der Waals surface area contributed by atoms with Gasteiger partial charge in [0.1, 0.15) is 0 Å². The fourth-order valence-electron chi connectivity index (χ4n) is 1.30. The molecular weight excluding hydrogens is 162 g/mol. The molecule has 0 amide bonds. The van der Waals surface area contributed by atoms with Gasteiger partial charge in [-0.05, 0) is 24.8 Å². The van der Waals surface area contributed by atoms with Gasteiger partial charge in [0.2, 0.25) is 0 Å². The van der Waals surface area contributed by atoms with Crippen molar-refractivity contribution in [3.63, 3.8) is 0 Å². The van der Waals surface area contributed by atoms with Crippen molar-refractivity contribution in [3.05, 3.63) is 0 Å². The van der Waals surface area contributed by atoms with Gasteiger partial charge in [-0.2, -0.15) is 0 Å². The van der Waals surface area contributed by atoms with Crippen LogP contribution < -0.4 is 5.32 Å². The van der Waals surface area contributed by atoms with E-state index in [2.05, 4.69) is 33.0 Å². The minimum atomic E-state index is 0.259. The molecule has 2 N–H and O–H groups in total. The molecule has 2 heteroatoms. The van der Waals surface area contributed by atoms with Crippen LogP contribution in [-0.4, -0.2) is 24.3 Å². The molecule has 0 aliphatic carbocycles. The predicted molar refractivity (Wildman–Crippen MR) is 57.8 cm³/mol. The van der Waals surface area contributed by atoms with Gasteiger partial charge in [0.25, 0.3) is 0 Å². The molecule has 0 aliphatic heterocycles. The van der Waals surface area contributed by atoms with E-state index in [1.54, 1.807) is 0 Å². The summed E-state index contributed by atoms with van der Waals surface area (Å²) in [4.78, 5) is 0. The van der Waals surface area contributed by atoms with E-state index >= 15 is 0 Å². The van der Waals surface area contributed by atoms with E-state index in [9.17, 15) is 0 Å². The van der Waals surface area contributed by atoms with E-state index in [0.717, 1.165) is 13.0 Å². The Balaban J connectivity index is 3.59. The Morgan fingerprint density at radius 1 is 1.23 bits per heavy atom. The Hall–Kier alpha value is -0.0800. The molecule has 0 aromatic carbocycles. The number of aliphatic hydroxyl groups excluding tert-OH is 1. The van der Waals surface area contributed by atoms with E-state index < -0.39 is 0 Å². The van der Waals surface area contributed by atoms with Gasteiger partial charge in [-0.15, -0.1) is 0 Å². The van der Waals surface area contributed by atoms with Gasteiger partial charge in [-0.25, -0.2) is 0 Å². The average molecular weight is 187 g/mol. The summed E-state index contributed by atoms with van der Waals surface area (Å²) < 4.78 is 0. The van der Waals surface area contributed by atoms with Gasteiger partial charge in [0.05, 0.1) is 6.61 Å². The zero-order valence-corrected chi connectivity index (χ0v) is 9.51. The van der Waals surface area contributed by atoms with Crippen molar-refractivity contribution in [1.29, 1.82) is 0 Å². The fourth-order valence-corrected chi connectivity index (χ4v) is 1.30. The van der Waals surface area contributed by atoms with E-state index in [4.69, 9.17) is 5.11 Å². The first-order valence-corrected chi connectivity index (χ1v) is 5.44. The zero-order chi connectivity index (χ0) is 10.3. The van der Waals surface area contributed by atoms with Crippen LogP contribution in [-0.2, 0) is 0 Å². The Kier molecular flexibility index (Phi) is 7.29. The van der Waals surface area contributed by atoms with E-state index in [1.165, 1.54) is 6.42 Å². The molecule has 2 atom stereocenters. The second-order valence-corrected chi connectivity index (χ2v) is 4.43. The van der Waals surface area contributed by atoms with Crippen LogP contribution in [0.4, 0.5) is 0 Å². The Morgan fingerprint density at radius 3 is 2.23 bits per heavy atom. The monoisotopic (exact) mass is 187 g/mol.